The molecule has 25 heavy (non-hydrogen) atoms. The van der Waals surface area contributed by atoms with Gasteiger partial charge in [0.2, 0.25) is 5.91 Å². The van der Waals surface area contributed by atoms with Gasteiger partial charge in [0.15, 0.2) is 0 Å². The van der Waals surface area contributed by atoms with Gasteiger partial charge in [0.25, 0.3) is 5.91 Å². The molecule has 1 aliphatic carbocycles. The van der Waals surface area contributed by atoms with Crippen LogP contribution in [0.15, 0.2) is 12.1 Å². The van der Waals surface area contributed by atoms with Crippen LogP contribution in [0.3, 0.4) is 0 Å². The van der Waals surface area contributed by atoms with E-state index in [4.69, 9.17) is 0 Å². The normalized spacial score (nSPS) is 27.6. The Bertz CT molecular complexity index is 779. The maximum atomic E-state index is 14.5. The molecule has 2 amide bonds. The minimum absolute atomic E-state index is 0.0403. The number of anilines is 1. The lowest BCUT2D eigenvalue weighted by Crippen LogP contribution is -2.43. The first-order chi connectivity index (χ1) is 12.0. The molecule has 0 radical (unpaired) electrons. The van der Waals surface area contributed by atoms with Crippen LogP contribution in [0.2, 0.25) is 0 Å². The van der Waals surface area contributed by atoms with Crippen molar-refractivity contribution in [1.29, 1.82) is 0 Å². The third-order valence-electron chi connectivity index (χ3n) is 5.72. The quantitative estimate of drug-likeness (QED) is 0.858. The fraction of sp³-hybridized carbons (Fsp3) is 0.500. The van der Waals surface area contributed by atoms with Crippen LogP contribution in [-0.4, -0.2) is 40.4 Å². The number of halogens is 1. The zero-order valence-corrected chi connectivity index (χ0v) is 13.6. The Balaban J connectivity index is 1.67. The number of hydrogen-bond donors (Lipinski definition) is 2. The molecule has 1 saturated heterocycles. The van der Waals surface area contributed by atoms with Crippen molar-refractivity contribution in [3.8, 4) is 0 Å². The smallest absolute Gasteiger partial charge is 0.326 e. The van der Waals surface area contributed by atoms with Crippen LogP contribution < -0.4 is 5.32 Å². The number of benzene rings is 1. The number of carboxylic acid groups (broad SMARTS) is 1. The van der Waals surface area contributed by atoms with Gasteiger partial charge in [-0.2, -0.15) is 0 Å². The Morgan fingerprint density at radius 3 is 2.80 bits per heavy atom. The van der Waals surface area contributed by atoms with Gasteiger partial charge in [-0.15, -0.1) is 0 Å². The van der Waals surface area contributed by atoms with E-state index in [2.05, 4.69) is 5.32 Å². The molecule has 132 valence electrons. The summed E-state index contributed by atoms with van der Waals surface area (Å²) in [6.07, 6.45) is 3.42. The standard InChI is InChI=1S/C18H19FN2O4/c19-13-7-14-9(4-5-15(22)20-14)6-12(13)17(23)21-8-10-2-1-3-11(10)16(21)18(24)25/h6-7,10-11,16H,1-5,8H2,(H,20,22)(H,24,25). The summed E-state index contributed by atoms with van der Waals surface area (Å²) in [5, 5.41) is 12.2. The third kappa shape index (κ3) is 2.58. The average molecular weight is 346 g/mol. The highest BCUT2D eigenvalue weighted by Crippen LogP contribution is 2.43. The molecule has 7 heteroatoms. The van der Waals surface area contributed by atoms with Gasteiger partial charge in [-0.05, 0) is 48.8 Å². The van der Waals surface area contributed by atoms with Gasteiger partial charge in [0, 0.05) is 18.7 Å². The summed E-state index contributed by atoms with van der Waals surface area (Å²) >= 11 is 0. The molecule has 3 aliphatic rings. The molecule has 1 aromatic carbocycles. The second kappa shape index (κ2) is 5.82. The summed E-state index contributed by atoms with van der Waals surface area (Å²) in [6, 6.07) is 1.74. The SMILES string of the molecule is O=C1CCc2cc(C(=O)N3CC4CCCC4C3C(=O)O)c(F)cc2N1. The molecule has 0 aromatic heterocycles. The van der Waals surface area contributed by atoms with E-state index < -0.39 is 23.7 Å². The van der Waals surface area contributed by atoms with E-state index in [1.54, 1.807) is 0 Å². The number of aliphatic carboxylic acids is 1. The molecule has 2 aliphatic heterocycles. The fourth-order valence-electron chi connectivity index (χ4n) is 4.55. The molecule has 2 N–H and O–H groups in total. The number of carbonyl (C=O) groups is 3. The Hall–Kier alpha value is -2.44. The summed E-state index contributed by atoms with van der Waals surface area (Å²) < 4.78 is 14.5. The van der Waals surface area contributed by atoms with Crippen LogP contribution in [0.5, 0.6) is 0 Å². The Morgan fingerprint density at radius 1 is 1.24 bits per heavy atom. The highest BCUT2D eigenvalue weighted by Gasteiger charge is 2.50. The molecule has 2 heterocycles. The van der Waals surface area contributed by atoms with Crippen LogP contribution in [-0.2, 0) is 16.0 Å². The summed E-state index contributed by atoms with van der Waals surface area (Å²) in [5.74, 6) is -2.35. The topological polar surface area (TPSA) is 86.7 Å². The molecule has 1 saturated carbocycles. The summed E-state index contributed by atoms with van der Waals surface area (Å²) in [4.78, 5) is 37.4. The zero-order valence-electron chi connectivity index (χ0n) is 13.6. The molecule has 1 aromatic rings. The van der Waals surface area contributed by atoms with Crippen molar-refractivity contribution < 1.29 is 23.9 Å². The summed E-state index contributed by atoms with van der Waals surface area (Å²) in [7, 11) is 0. The molecule has 6 nitrogen and oxygen atoms in total. The molecule has 0 bridgehead atoms. The molecule has 0 spiro atoms. The number of fused-ring (bicyclic) bond motifs is 2. The van der Waals surface area contributed by atoms with Gasteiger partial charge >= 0.3 is 5.97 Å². The van der Waals surface area contributed by atoms with E-state index in [9.17, 15) is 23.9 Å². The number of nitrogens with zero attached hydrogens (tertiary/aromatic N) is 1. The number of carboxylic acids is 1. The number of amides is 2. The minimum atomic E-state index is -1.02. The molecule has 3 atom stereocenters. The fourth-order valence-corrected chi connectivity index (χ4v) is 4.55. The Labute approximate surface area is 144 Å². The second-order valence-electron chi connectivity index (χ2n) is 7.13. The van der Waals surface area contributed by atoms with Crippen molar-refractivity contribution in [2.45, 2.75) is 38.1 Å². The highest BCUT2D eigenvalue weighted by atomic mass is 19.1. The summed E-state index contributed by atoms with van der Waals surface area (Å²) in [6.45, 7) is 0.369. The van der Waals surface area contributed by atoms with Gasteiger partial charge in [-0.1, -0.05) is 6.42 Å². The minimum Gasteiger partial charge on any atom is -0.480 e. The van der Waals surface area contributed by atoms with Crippen LogP contribution in [0.25, 0.3) is 0 Å². The zero-order chi connectivity index (χ0) is 17.7. The molecular weight excluding hydrogens is 327 g/mol. The van der Waals surface area contributed by atoms with Gasteiger partial charge < -0.3 is 15.3 Å². The highest BCUT2D eigenvalue weighted by molar-refractivity contribution is 5.99. The number of rotatable bonds is 2. The van der Waals surface area contributed by atoms with E-state index in [-0.39, 0.29) is 29.7 Å². The van der Waals surface area contributed by atoms with E-state index in [0.29, 0.717) is 24.2 Å². The van der Waals surface area contributed by atoms with E-state index in [1.165, 1.54) is 11.0 Å². The van der Waals surface area contributed by atoms with Crippen molar-refractivity contribution in [1.82, 2.24) is 4.90 Å². The van der Waals surface area contributed by atoms with Crippen LogP contribution in [0.4, 0.5) is 10.1 Å². The predicted octanol–water partition coefficient (Wildman–Crippen LogP) is 2.04. The van der Waals surface area contributed by atoms with Crippen molar-refractivity contribution in [3.05, 3.63) is 29.1 Å². The first kappa shape index (κ1) is 16.1. The lowest BCUT2D eigenvalue weighted by molar-refractivity contribution is -0.142. The largest absolute Gasteiger partial charge is 0.480 e. The maximum Gasteiger partial charge on any atom is 0.326 e. The number of nitrogens with one attached hydrogen (secondary N) is 1. The third-order valence-corrected chi connectivity index (χ3v) is 5.72. The lowest BCUT2D eigenvalue weighted by atomic mass is 9.94. The number of carbonyl (C=O) groups excluding carboxylic acids is 2. The molecule has 3 unspecified atom stereocenters. The van der Waals surface area contributed by atoms with E-state index in [1.807, 2.05) is 0 Å². The van der Waals surface area contributed by atoms with E-state index >= 15 is 0 Å². The predicted molar refractivity (Wildman–Crippen MR) is 86.6 cm³/mol. The first-order valence-electron chi connectivity index (χ1n) is 8.61. The lowest BCUT2D eigenvalue weighted by Gasteiger charge is -2.25. The van der Waals surface area contributed by atoms with Gasteiger partial charge in [0.05, 0.1) is 5.56 Å². The summed E-state index contributed by atoms with van der Waals surface area (Å²) in [5.41, 5.74) is 0.982. The number of hydrogen-bond acceptors (Lipinski definition) is 3. The Morgan fingerprint density at radius 2 is 2.04 bits per heavy atom. The first-order valence-corrected chi connectivity index (χ1v) is 8.61. The van der Waals surface area contributed by atoms with Crippen LogP contribution in [0.1, 0.15) is 41.6 Å². The van der Waals surface area contributed by atoms with Gasteiger partial charge in [-0.25, -0.2) is 9.18 Å². The van der Waals surface area contributed by atoms with Crippen molar-refractivity contribution in [2.24, 2.45) is 11.8 Å². The van der Waals surface area contributed by atoms with Crippen molar-refractivity contribution >= 4 is 23.5 Å². The monoisotopic (exact) mass is 346 g/mol. The average Bonchev–Trinajstić information content (AvgIpc) is 3.13. The number of likely N-dealkylation sites (tertiary alicyclic amines) is 1. The van der Waals surface area contributed by atoms with Gasteiger partial charge in [0.1, 0.15) is 11.9 Å². The molecule has 2 fully saturated rings. The van der Waals surface area contributed by atoms with Crippen LogP contribution >= 0.6 is 0 Å². The Kier molecular flexibility index (Phi) is 3.74. The van der Waals surface area contributed by atoms with Crippen molar-refractivity contribution in [3.63, 3.8) is 0 Å². The number of aryl methyl sites for hydroxylation is 1. The van der Waals surface area contributed by atoms with Crippen LogP contribution in [0, 0.1) is 17.7 Å². The molecule has 4 rings (SSSR count). The molecular formula is C18H19FN2O4. The van der Waals surface area contributed by atoms with Gasteiger partial charge in [-0.3, -0.25) is 9.59 Å². The maximum absolute atomic E-state index is 14.5. The van der Waals surface area contributed by atoms with E-state index in [0.717, 1.165) is 25.3 Å². The second-order valence-corrected chi connectivity index (χ2v) is 7.13. The van der Waals surface area contributed by atoms with Crippen molar-refractivity contribution in [2.75, 3.05) is 11.9 Å².